The van der Waals surface area contributed by atoms with Crippen molar-refractivity contribution in [3.63, 3.8) is 0 Å². The molecule has 0 unspecified atom stereocenters. The molecular formula is C16H13N3O7S2. The van der Waals surface area contributed by atoms with Crippen LogP contribution in [0.1, 0.15) is 0 Å². The van der Waals surface area contributed by atoms with E-state index >= 15 is 0 Å². The first-order chi connectivity index (χ1) is 13.0. The van der Waals surface area contributed by atoms with Crippen molar-refractivity contribution in [3.8, 4) is 6.07 Å². The van der Waals surface area contributed by atoms with E-state index in [-0.39, 0.29) is 21.1 Å². The molecule has 0 saturated heterocycles. The number of rotatable bonds is 6. The molecule has 2 aromatic carbocycles. The van der Waals surface area contributed by atoms with E-state index in [2.05, 4.69) is 10.6 Å². The van der Waals surface area contributed by atoms with Crippen LogP contribution in [0.2, 0.25) is 0 Å². The number of nitrogens with one attached hydrogen (secondary N) is 2. The Morgan fingerprint density at radius 3 is 1.68 bits per heavy atom. The van der Waals surface area contributed by atoms with Gasteiger partial charge in [-0.2, -0.15) is 22.1 Å². The summed E-state index contributed by atoms with van der Waals surface area (Å²) in [4.78, 5) is 11.4. The van der Waals surface area contributed by atoms with Gasteiger partial charge in [0.15, 0.2) is 0 Å². The molecule has 2 aromatic rings. The van der Waals surface area contributed by atoms with Crippen LogP contribution in [-0.2, 0) is 25.0 Å². The zero-order chi connectivity index (χ0) is 20.9. The molecule has 0 saturated carbocycles. The minimum Gasteiger partial charge on any atom is -0.360 e. The highest BCUT2D eigenvalue weighted by Crippen LogP contribution is 2.16. The van der Waals surface area contributed by atoms with Gasteiger partial charge in [0.25, 0.3) is 26.1 Å². The Balaban J connectivity index is 2.09. The number of benzene rings is 2. The van der Waals surface area contributed by atoms with Crippen LogP contribution in [0.25, 0.3) is 0 Å². The second-order valence-corrected chi connectivity index (χ2v) is 8.11. The maximum Gasteiger partial charge on any atom is 0.294 e. The molecule has 146 valence electrons. The van der Waals surface area contributed by atoms with Crippen LogP contribution >= 0.6 is 0 Å². The molecule has 0 spiro atoms. The lowest BCUT2D eigenvalue weighted by atomic mass is 10.2. The third kappa shape index (κ3) is 5.63. The average Bonchev–Trinajstić information content (AvgIpc) is 2.61. The predicted molar refractivity (Wildman–Crippen MR) is 98.5 cm³/mol. The van der Waals surface area contributed by atoms with Gasteiger partial charge < -0.3 is 10.6 Å². The quantitative estimate of drug-likeness (QED) is 0.306. The molecular weight excluding hydrogens is 410 g/mol. The van der Waals surface area contributed by atoms with Crippen LogP contribution in [0.15, 0.2) is 70.1 Å². The van der Waals surface area contributed by atoms with Gasteiger partial charge in [-0.15, -0.1) is 0 Å². The van der Waals surface area contributed by atoms with Gasteiger partial charge in [0.05, 0.1) is 9.79 Å². The molecule has 0 heterocycles. The number of hydrogen-bond acceptors (Lipinski definition) is 7. The fraction of sp³-hybridized carbons (Fsp3) is 0. The molecule has 2 rings (SSSR count). The van der Waals surface area contributed by atoms with Crippen LogP contribution in [0.3, 0.4) is 0 Å². The molecule has 0 aliphatic rings. The average molecular weight is 423 g/mol. The van der Waals surface area contributed by atoms with Crippen molar-refractivity contribution in [3.05, 3.63) is 60.3 Å². The highest BCUT2D eigenvalue weighted by molar-refractivity contribution is 7.86. The Labute approximate surface area is 160 Å². The first-order valence-electron chi connectivity index (χ1n) is 7.34. The van der Waals surface area contributed by atoms with Gasteiger partial charge in [0.1, 0.15) is 11.6 Å². The maximum absolute atomic E-state index is 12.1. The minimum absolute atomic E-state index is 0.191. The van der Waals surface area contributed by atoms with Crippen LogP contribution < -0.4 is 10.6 Å². The molecule has 0 fully saturated rings. The van der Waals surface area contributed by atoms with Crippen LogP contribution in [0.5, 0.6) is 0 Å². The van der Waals surface area contributed by atoms with Gasteiger partial charge in [-0.3, -0.25) is 13.9 Å². The zero-order valence-corrected chi connectivity index (χ0v) is 15.5. The van der Waals surface area contributed by atoms with Gasteiger partial charge in [-0.05, 0) is 48.5 Å². The molecule has 4 N–H and O–H groups in total. The molecule has 0 bridgehead atoms. The summed E-state index contributed by atoms with van der Waals surface area (Å²) in [6.07, 6.45) is 1.09. The number of amides is 1. The summed E-state index contributed by atoms with van der Waals surface area (Å²) < 4.78 is 61.7. The molecule has 0 atom stereocenters. The van der Waals surface area contributed by atoms with Crippen molar-refractivity contribution in [2.75, 3.05) is 10.6 Å². The van der Waals surface area contributed by atoms with Crippen LogP contribution in [-0.4, -0.2) is 31.8 Å². The number of nitrogens with zero attached hydrogens (tertiary/aromatic N) is 1. The van der Waals surface area contributed by atoms with Crippen molar-refractivity contribution in [1.29, 1.82) is 5.26 Å². The van der Waals surface area contributed by atoms with Gasteiger partial charge in [0.2, 0.25) is 0 Å². The first-order valence-corrected chi connectivity index (χ1v) is 10.2. The minimum atomic E-state index is -4.36. The number of carbonyl (C=O) groups excluding carboxylic acids is 1. The molecule has 0 aliphatic carbocycles. The SMILES string of the molecule is N#C/C(=C/Nc1ccc(S(=O)(=O)O)cc1)C(=O)Nc1ccc(S(=O)(=O)O)cc1. The molecule has 0 radical (unpaired) electrons. The van der Waals surface area contributed by atoms with Crippen LogP contribution in [0.4, 0.5) is 11.4 Å². The second kappa shape index (κ2) is 8.19. The molecule has 0 aromatic heterocycles. The lowest BCUT2D eigenvalue weighted by Crippen LogP contribution is -2.14. The Kier molecular flexibility index (Phi) is 6.16. The predicted octanol–water partition coefficient (Wildman–Crippen LogP) is 1.64. The summed E-state index contributed by atoms with van der Waals surface area (Å²) in [5.74, 6) is -0.788. The topological polar surface area (TPSA) is 174 Å². The van der Waals surface area contributed by atoms with Crippen molar-refractivity contribution >= 4 is 37.5 Å². The van der Waals surface area contributed by atoms with E-state index in [1.54, 1.807) is 6.07 Å². The lowest BCUT2D eigenvalue weighted by Gasteiger charge is -2.06. The first kappa shape index (κ1) is 21.1. The van der Waals surface area contributed by atoms with Crippen molar-refractivity contribution in [2.24, 2.45) is 0 Å². The third-order valence-corrected chi connectivity index (χ3v) is 5.05. The Morgan fingerprint density at radius 1 is 0.857 bits per heavy atom. The van der Waals surface area contributed by atoms with Crippen molar-refractivity contribution in [1.82, 2.24) is 0 Å². The maximum atomic E-state index is 12.1. The smallest absolute Gasteiger partial charge is 0.294 e. The molecule has 12 heteroatoms. The van der Waals surface area contributed by atoms with E-state index in [9.17, 15) is 21.6 Å². The largest absolute Gasteiger partial charge is 0.360 e. The highest BCUT2D eigenvalue weighted by atomic mass is 32.2. The van der Waals surface area contributed by atoms with E-state index in [4.69, 9.17) is 14.4 Å². The highest BCUT2D eigenvalue weighted by Gasteiger charge is 2.12. The fourth-order valence-electron chi connectivity index (χ4n) is 1.94. The monoisotopic (exact) mass is 423 g/mol. The summed E-state index contributed by atoms with van der Waals surface area (Å²) >= 11 is 0. The normalized spacial score (nSPS) is 12.1. The standard InChI is InChI=1S/C16H13N3O7S2/c17-9-11(10-18-12-1-5-14(6-2-12)27(21,22)23)16(20)19-13-3-7-15(8-4-13)28(24,25)26/h1-8,10,18H,(H,19,20)(H,21,22,23)(H,24,25,26)/b11-10-. The molecule has 10 nitrogen and oxygen atoms in total. The lowest BCUT2D eigenvalue weighted by molar-refractivity contribution is -0.112. The van der Waals surface area contributed by atoms with Crippen molar-refractivity contribution in [2.45, 2.75) is 9.79 Å². The van der Waals surface area contributed by atoms with Crippen LogP contribution in [0, 0.1) is 11.3 Å². The van der Waals surface area contributed by atoms with Crippen molar-refractivity contribution < 1.29 is 30.7 Å². The summed E-state index contributed by atoms with van der Waals surface area (Å²) in [7, 11) is -8.69. The van der Waals surface area contributed by atoms with Gasteiger partial charge in [-0.1, -0.05) is 0 Å². The van der Waals surface area contributed by atoms with E-state index in [0.29, 0.717) is 5.69 Å². The molecule has 0 aliphatic heterocycles. The Hall–Kier alpha value is -3.24. The molecule has 28 heavy (non-hydrogen) atoms. The number of nitriles is 1. The summed E-state index contributed by atoms with van der Waals surface area (Å²) in [5.41, 5.74) is 0.222. The fourth-order valence-corrected chi connectivity index (χ4v) is 2.90. The second-order valence-electron chi connectivity index (χ2n) is 5.27. The summed E-state index contributed by atoms with van der Waals surface area (Å²) in [5, 5.41) is 14.1. The Morgan fingerprint density at radius 2 is 1.29 bits per heavy atom. The zero-order valence-electron chi connectivity index (χ0n) is 13.9. The summed E-state index contributed by atoms with van der Waals surface area (Å²) in [6.45, 7) is 0. The molecule has 1 amide bonds. The van der Waals surface area contributed by atoms with E-state index in [1.165, 1.54) is 24.3 Å². The van der Waals surface area contributed by atoms with Gasteiger partial charge in [0, 0.05) is 17.6 Å². The van der Waals surface area contributed by atoms with Gasteiger partial charge >= 0.3 is 0 Å². The van der Waals surface area contributed by atoms with E-state index in [1.807, 2.05) is 0 Å². The Bertz CT molecular complexity index is 1160. The number of anilines is 2. The number of hydrogen-bond donors (Lipinski definition) is 4. The van der Waals surface area contributed by atoms with E-state index in [0.717, 1.165) is 30.5 Å². The van der Waals surface area contributed by atoms with E-state index < -0.39 is 26.1 Å². The number of carbonyl (C=O) groups is 1. The third-order valence-electron chi connectivity index (χ3n) is 3.31. The van der Waals surface area contributed by atoms with Gasteiger partial charge in [-0.25, -0.2) is 0 Å². The summed E-state index contributed by atoms with van der Waals surface area (Å²) in [6, 6.07) is 11.2.